The first-order chi connectivity index (χ1) is 3.43. The fourth-order valence-corrected chi connectivity index (χ4v) is 0.409. The summed E-state index contributed by atoms with van der Waals surface area (Å²) < 4.78 is 4.73. The third-order valence-corrected chi connectivity index (χ3v) is 0.816. The minimum atomic E-state index is 0. The molecule has 1 rings (SSSR count). The van der Waals surface area contributed by atoms with Crippen LogP contribution >= 0.6 is 0 Å². The van der Waals surface area contributed by atoms with Gasteiger partial charge in [0.1, 0.15) is 0 Å². The van der Waals surface area contributed by atoms with Gasteiger partial charge in [0.25, 0.3) is 0 Å². The molecule has 1 aromatic rings. The van der Waals surface area contributed by atoms with Gasteiger partial charge in [-0.05, 0) is 6.07 Å². The highest BCUT2D eigenvalue weighted by Crippen LogP contribution is 1.95. The predicted octanol–water partition coefficient (Wildman–Crippen LogP) is 0.984. The minimum absolute atomic E-state index is 0. The second-order valence-corrected chi connectivity index (χ2v) is 1.34. The van der Waals surface area contributed by atoms with E-state index in [1.54, 1.807) is 12.5 Å². The average Bonchev–Trinajstić information content (AvgIpc) is 2.14. The Labute approximate surface area is 43.4 Å². The first kappa shape index (κ1) is 4.40. The zero-order valence-corrected chi connectivity index (χ0v) is 3.92. The maximum absolute atomic E-state index is 5.23. The van der Waals surface area contributed by atoms with E-state index in [1.807, 2.05) is 6.07 Å². The smallest absolute Gasteiger partial charge is 0.0947 e. The van der Waals surface area contributed by atoms with Gasteiger partial charge in [-0.25, -0.2) is 0 Å². The molecule has 0 aliphatic heterocycles. The molecule has 0 saturated carbocycles. The maximum Gasteiger partial charge on any atom is 0.0947 e. The zero-order valence-electron chi connectivity index (χ0n) is 3.92. The molecule has 0 aromatic carbocycles. The van der Waals surface area contributed by atoms with Gasteiger partial charge in [-0.2, -0.15) is 0 Å². The summed E-state index contributed by atoms with van der Waals surface area (Å²) in [6, 6.07) is 1.85. The standard InChI is InChI=1S/C5H7NO.H2/c6-3-5-1-2-7-4-5;/h1-2,4H,3,6H2;1H. The van der Waals surface area contributed by atoms with E-state index in [0.717, 1.165) is 5.56 Å². The molecular formula is C5H9NO. The molecule has 0 saturated heterocycles. The van der Waals surface area contributed by atoms with Crippen LogP contribution in [-0.2, 0) is 6.54 Å². The van der Waals surface area contributed by atoms with Crippen LogP contribution in [0.5, 0.6) is 0 Å². The fourth-order valence-electron chi connectivity index (χ4n) is 0.409. The molecule has 40 valence electrons. The van der Waals surface area contributed by atoms with E-state index in [-0.39, 0.29) is 1.43 Å². The molecule has 2 nitrogen and oxygen atoms in total. The molecular weight excluding hydrogens is 90.1 g/mol. The van der Waals surface area contributed by atoms with Crippen molar-refractivity contribution >= 4 is 0 Å². The van der Waals surface area contributed by atoms with Crippen molar-refractivity contribution < 1.29 is 5.84 Å². The van der Waals surface area contributed by atoms with Gasteiger partial charge in [0.15, 0.2) is 0 Å². The first-order valence-corrected chi connectivity index (χ1v) is 2.14. The summed E-state index contributed by atoms with van der Waals surface area (Å²) in [5, 5.41) is 0. The SMILES string of the molecule is NCc1ccoc1.[HH]. The van der Waals surface area contributed by atoms with Crippen LogP contribution in [0.2, 0.25) is 0 Å². The van der Waals surface area contributed by atoms with Gasteiger partial charge in [-0.3, -0.25) is 0 Å². The van der Waals surface area contributed by atoms with Crippen LogP contribution in [0.1, 0.15) is 6.99 Å². The zero-order chi connectivity index (χ0) is 5.11. The molecule has 1 heterocycles. The van der Waals surface area contributed by atoms with Crippen molar-refractivity contribution in [3.8, 4) is 0 Å². The Kier molecular flexibility index (Phi) is 1.13. The van der Waals surface area contributed by atoms with Gasteiger partial charge >= 0.3 is 0 Å². The Balaban J connectivity index is 0.000000490. The summed E-state index contributed by atoms with van der Waals surface area (Å²) in [4.78, 5) is 0. The van der Waals surface area contributed by atoms with Crippen LogP contribution < -0.4 is 5.73 Å². The fraction of sp³-hybridized carbons (Fsp3) is 0.200. The van der Waals surface area contributed by atoms with Gasteiger partial charge in [0.2, 0.25) is 0 Å². The van der Waals surface area contributed by atoms with Crippen molar-refractivity contribution in [2.45, 2.75) is 6.54 Å². The predicted molar refractivity (Wildman–Crippen MR) is 28.7 cm³/mol. The van der Waals surface area contributed by atoms with Crippen LogP contribution in [0.25, 0.3) is 0 Å². The van der Waals surface area contributed by atoms with Crippen molar-refractivity contribution in [3.05, 3.63) is 24.2 Å². The molecule has 0 radical (unpaired) electrons. The Morgan fingerprint density at radius 3 is 3.00 bits per heavy atom. The third-order valence-electron chi connectivity index (χ3n) is 0.816. The lowest BCUT2D eigenvalue weighted by Gasteiger charge is -1.78. The van der Waals surface area contributed by atoms with E-state index < -0.39 is 0 Å². The Morgan fingerprint density at radius 2 is 2.71 bits per heavy atom. The van der Waals surface area contributed by atoms with Crippen molar-refractivity contribution in [3.63, 3.8) is 0 Å². The lowest BCUT2D eigenvalue weighted by atomic mass is 10.4. The summed E-state index contributed by atoms with van der Waals surface area (Å²) in [5.74, 6) is 0. The van der Waals surface area contributed by atoms with E-state index in [2.05, 4.69) is 0 Å². The molecule has 0 aliphatic rings. The number of hydrogen-bond donors (Lipinski definition) is 1. The summed E-state index contributed by atoms with van der Waals surface area (Å²) >= 11 is 0. The van der Waals surface area contributed by atoms with Crippen molar-refractivity contribution in [2.75, 3.05) is 0 Å². The largest absolute Gasteiger partial charge is 0.472 e. The van der Waals surface area contributed by atoms with Crippen LogP contribution in [0.15, 0.2) is 23.0 Å². The molecule has 0 amide bonds. The van der Waals surface area contributed by atoms with E-state index >= 15 is 0 Å². The second-order valence-electron chi connectivity index (χ2n) is 1.34. The lowest BCUT2D eigenvalue weighted by molar-refractivity contribution is 0.564. The molecule has 2 N–H and O–H groups in total. The highest BCUT2D eigenvalue weighted by molar-refractivity contribution is 5.03. The quantitative estimate of drug-likeness (QED) is 0.570. The first-order valence-electron chi connectivity index (χ1n) is 2.14. The van der Waals surface area contributed by atoms with Crippen LogP contribution in [0, 0.1) is 0 Å². The van der Waals surface area contributed by atoms with Gasteiger partial charge < -0.3 is 10.2 Å². The molecule has 0 spiro atoms. The highest BCUT2D eigenvalue weighted by atomic mass is 16.3. The average molecular weight is 99.1 g/mol. The maximum atomic E-state index is 5.23. The van der Waals surface area contributed by atoms with E-state index in [0.29, 0.717) is 6.54 Å². The molecule has 0 fully saturated rings. The monoisotopic (exact) mass is 99.1 g/mol. The van der Waals surface area contributed by atoms with E-state index in [4.69, 9.17) is 10.2 Å². The minimum Gasteiger partial charge on any atom is -0.472 e. The number of furan rings is 1. The van der Waals surface area contributed by atoms with Crippen molar-refractivity contribution in [2.24, 2.45) is 5.73 Å². The number of nitrogens with two attached hydrogens (primary N) is 1. The van der Waals surface area contributed by atoms with E-state index in [9.17, 15) is 0 Å². The Bertz CT molecular complexity index is 127. The van der Waals surface area contributed by atoms with Crippen LogP contribution in [0.4, 0.5) is 0 Å². The van der Waals surface area contributed by atoms with Gasteiger partial charge in [-0.15, -0.1) is 0 Å². The molecule has 0 unspecified atom stereocenters. The molecule has 0 bridgehead atoms. The summed E-state index contributed by atoms with van der Waals surface area (Å²) in [5.41, 5.74) is 6.28. The van der Waals surface area contributed by atoms with Crippen molar-refractivity contribution in [1.82, 2.24) is 0 Å². The van der Waals surface area contributed by atoms with Gasteiger partial charge in [-0.1, -0.05) is 0 Å². The molecule has 0 atom stereocenters. The third kappa shape index (κ3) is 0.810. The van der Waals surface area contributed by atoms with Crippen LogP contribution in [-0.4, -0.2) is 0 Å². The Hall–Kier alpha value is -0.760. The second kappa shape index (κ2) is 1.80. The molecule has 0 aliphatic carbocycles. The topological polar surface area (TPSA) is 39.2 Å². The molecule has 2 heteroatoms. The van der Waals surface area contributed by atoms with Crippen LogP contribution in [0.3, 0.4) is 0 Å². The van der Waals surface area contributed by atoms with Gasteiger partial charge in [0, 0.05) is 13.5 Å². The highest BCUT2D eigenvalue weighted by Gasteiger charge is 1.83. The number of hydrogen-bond acceptors (Lipinski definition) is 2. The summed E-state index contributed by atoms with van der Waals surface area (Å²) in [6.07, 6.45) is 3.25. The van der Waals surface area contributed by atoms with Gasteiger partial charge in [0.05, 0.1) is 12.5 Å². The molecule has 1 aromatic heterocycles. The molecule has 7 heavy (non-hydrogen) atoms. The Morgan fingerprint density at radius 1 is 1.86 bits per heavy atom. The summed E-state index contributed by atoms with van der Waals surface area (Å²) in [6.45, 7) is 0.566. The van der Waals surface area contributed by atoms with Crippen molar-refractivity contribution in [1.29, 1.82) is 0 Å². The van der Waals surface area contributed by atoms with E-state index in [1.165, 1.54) is 0 Å². The number of rotatable bonds is 1. The lowest BCUT2D eigenvalue weighted by Crippen LogP contribution is -1.92. The normalized spacial score (nSPS) is 9.29. The summed E-state index contributed by atoms with van der Waals surface area (Å²) in [7, 11) is 0.